The second-order valence-electron chi connectivity index (χ2n) is 7.76. The van der Waals surface area contributed by atoms with Gasteiger partial charge in [-0.25, -0.2) is 18.2 Å². The molecular formula is C22H21ClN2O5S2. The van der Waals surface area contributed by atoms with E-state index in [0.717, 1.165) is 11.3 Å². The number of ketones is 1. The van der Waals surface area contributed by atoms with Crippen molar-refractivity contribution in [3.63, 3.8) is 0 Å². The summed E-state index contributed by atoms with van der Waals surface area (Å²) in [6.07, 6.45) is 0.528. The van der Waals surface area contributed by atoms with E-state index in [9.17, 15) is 18.0 Å². The number of halogens is 1. The standard InChI is InChI=1S/C22H21ClN2O5S2/c1-13-8-18(14(2)25(13)17-6-7-32(28,29)12-17)20(26)10-30-22(27)19-11-31-21(24-19)15-4-3-5-16(23)9-15/h3-5,8-9,11,17H,6-7,10,12H2,1-2H3. The molecule has 1 aliphatic heterocycles. The van der Waals surface area contributed by atoms with Crippen LogP contribution in [0.3, 0.4) is 0 Å². The lowest BCUT2D eigenvalue weighted by Crippen LogP contribution is -2.17. The maximum absolute atomic E-state index is 12.7. The van der Waals surface area contributed by atoms with E-state index in [1.165, 1.54) is 11.3 Å². The Morgan fingerprint density at radius 1 is 1.28 bits per heavy atom. The quantitative estimate of drug-likeness (QED) is 0.376. The van der Waals surface area contributed by atoms with E-state index in [1.807, 2.05) is 17.6 Å². The fourth-order valence-corrected chi connectivity index (χ4v) is 6.68. The number of hydrogen-bond donors (Lipinski definition) is 0. The Hall–Kier alpha value is -2.49. The summed E-state index contributed by atoms with van der Waals surface area (Å²) in [5.74, 6) is -0.798. The van der Waals surface area contributed by atoms with Crippen molar-refractivity contribution in [2.45, 2.75) is 26.3 Å². The SMILES string of the molecule is Cc1cc(C(=O)COC(=O)c2csc(-c3cccc(Cl)c3)n2)c(C)n1C1CCS(=O)(=O)C1. The third-order valence-corrected chi connectivity index (χ3v) is 8.35. The molecule has 4 rings (SSSR count). The topological polar surface area (TPSA) is 95.3 Å². The van der Waals surface area contributed by atoms with Crippen LogP contribution in [0.2, 0.25) is 5.02 Å². The smallest absolute Gasteiger partial charge is 0.358 e. The number of aryl methyl sites for hydroxylation is 1. The van der Waals surface area contributed by atoms with Crippen molar-refractivity contribution in [3.05, 3.63) is 63.4 Å². The third kappa shape index (κ3) is 4.65. The zero-order valence-electron chi connectivity index (χ0n) is 17.5. The molecular weight excluding hydrogens is 472 g/mol. The van der Waals surface area contributed by atoms with Crippen molar-refractivity contribution in [2.75, 3.05) is 18.1 Å². The molecule has 3 aromatic rings. The highest BCUT2D eigenvalue weighted by Crippen LogP contribution is 2.30. The Bertz CT molecular complexity index is 1310. The summed E-state index contributed by atoms with van der Waals surface area (Å²) >= 11 is 7.29. The van der Waals surface area contributed by atoms with Gasteiger partial charge in [-0.05, 0) is 38.5 Å². The van der Waals surface area contributed by atoms with Gasteiger partial charge in [0.15, 0.2) is 22.1 Å². The van der Waals surface area contributed by atoms with Crippen molar-refractivity contribution in [1.29, 1.82) is 0 Å². The van der Waals surface area contributed by atoms with Crippen LogP contribution in [0.25, 0.3) is 10.6 Å². The van der Waals surface area contributed by atoms with Crippen LogP contribution in [0.4, 0.5) is 0 Å². The Morgan fingerprint density at radius 2 is 2.06 bits per heavy atom. The van der Waals surface area contributed by atoms with Gasteiger partial charge in [-0.3, -0.25) is 4.79 Å². The van der Waals surface area contributed by atoms with Crippen molar-refractivity contribution in [3.8, 4) is 10.6 Å². The van der Waals surface area contributed by atoms with Crippen LogP contribution < -0.4 is 0 Å². The van der Waals surface area contributed by atoms with Crippen LogP contribution >= 0.6 is 22.9 Å². The molecule has 1 aliphatic rings. The first-order chi connectivity index (χ1) is 15.1. The van der Waals surface area contributed by atoms with Crippen LogP contribution in [0, 0.1) is 13.8 Å². The highest BCUT2D eigenvalue weighted by molar-refractivity contribution is 7.91. The number of thiazole rings is 1. The lowest BCUT2D eigenvalue weighted by molar-refractivity contribution is 0.0469. The van der Waals surface area contributed by atoms with Crippen molar-refractivity contribution >= 4 is 44.5 Å². The van der Waals surface area contributed by atoms with Gasteiger partial charge in [0.25, 0.3) is 0 Å². The molecule has 0 amide bonds. The Kier molecular flexibility index (Phi) is 6.24. The number of rotatable bonds is 6. The lowest BCUT2D eigenvalue weighted by atomic mass is 10.1. The number of sulfone groups is 1. The van der Waals surface area contributed by atoms with E-state index >= 15 is 0 Å². The lowest BCUT2D eigenvalue weighted by Gasteiger charge is -2.16. The predicted molar refractivity (Wildman–Crippen MR) is 123 cm³/mol. The predicted octanol–water partition coefficient (Wildman–Crippen LogP) is 4.28. The summed E-state index contributed by atoms with van der Waals surface area (Å²) in [7, 11) is -3.05. The minimum absolute atomic E-state index is 0.0742. The molecule has 1 fully saturated rings. The summed E-state index contributed by atoms with van der Waals surface area (Å²) in [6.45, 7) is 3.20. The number of carbonyl (C=O) groups excluding carboxylic acids is 2. The molecule has 1 atom stereocenters. The zero-order chi connectivity index (χ0) is 23.0. The summed E-state index contributed by atoms with van der Waals surface area (Å²) in [5.41, 5.74) is 2.84. The van der Waals surface area contributed by atoms with Gasteiger partial charge >= 0.3 is 5.97 Å². The number of hydrogen-bond acceptors (Lipinski definition) is 7. The summed E-state index contributed by atoms with van der Waals surface area (Å²) in [6, 6.07) is 8.69. The molecule has 168 valence electrons. The van der Waals surface area contributed by atoms with Gasteiger partial charge in [0.1, 0.15) is 5.01 Å². The van der Waals surface area contributed by atoms with E-state index in [0.29, 0.717) is 27.7 Å². The molecule has 0 radical (unpaired) electrons. The fourth-order valence-electron chi connectivity index (χ4n) is 4.00. The molecule has 0 saturated carbocycles. The molecule has 0 bridgehead atoms. The number of carbonyl (C=O) groups is 2. The number of esters is 1. The largest absolute Gasteiger partial charge is 0.453 e. The Morgan fingerprint density at radius 3 is 2.75 bits per heavy atom. The van der Waals surface area contributed by atoms with Gasteiger partial charge in [-0.15, -0.1) is 11.3 Å². The monoisotopic (exact) mass is 492 g/mol. The molecule has 2 aromatic heterocycles. The van der Waals surface area contributed by atoms with Crippen LogP contribution in [0.5, 0.6) is 0 Å². The average molecular weight is 493 g/mol. The fraction of sp³-hybridized carbons (Fsp3) is 0.318. The number of aromatic nitrogens is 2. The third-order valence-electron chi connectivity index (χ3n) is 5.48. The molecule has 0 spiro atoms. The summed E-state index contributed by atoms with van der Waals surface area (Å²) in [5, 5.41) is 2.77. The van der Waals surface area contributed by atoms with E-state index in [1.54, 1.807) is 36.6 Å². The minimum atomic E-state index is -3.05. The Balaban J connectivity index is 1.43. The number of Topliss-reactive ketones (excluding diaryl/α,β-unsaturated/α-hetero) is 1. The molecule has 1 aromatic carbocycles. The van der Waals surface area contributed by atoms with Crippen LogP contribution in [0.1, 0.15) is 44.7 Å². The van der Waals surface area contributed by atoms with E-state index in [-0.39, 0.29) is 29.0 Å². The average Bonchev–Trinajstić information content (AvgIpc) is 3.43. The maximum Gasteiger partial charge on any atom is 0.358 e. The second kappa shape index (κ2) is 8.80. The van der Waals surface area contributed by atoms with Gasteiger partial charge in [-0.1, -0.05) is 23.7 Å². The number of nitrogens with zero attached hydrogens (tertiary/aromatic N) is 2. The molecule has 0 N–H and O–H groups in total. The van der Waals surface area contributed by atoms with Gasteiger partial charge in [0.05, 0.1) is 11.5 Å². The molecule has 3 heterocycles. The highest BCUT2D eigenvalue weighted by Gasteiger charge is 2.31. The molecule has 32 heavy (non-hydrogen) atoms. The van der Waals surface area contributed by atoms with Crippen LogP contribution in [0.15, 0.2) is 35.7 Å². The second-order valence-corrected chi connectivity index (χ2v) is 11.3. The molecule has 1 unspecified atom stereocenters. The Labute approximate surface area is 194 Å². The van der Waals surface area contributed by atoms with Gasteiger partial charge < -0.3 is 9.30 Å². The molecule has 0 aliphatic carbocycles. The van der Waals surface area contributed by atoms with Crippen molar-refractivity contribution < 1.29 is 22.7 Å². The zero-order valence-corrected chi connectivity index (χ0v) is 19.9. The molecule has 10 heteroatoms. The van der Waals surface area contributed by atoms with E-state index in [4.69, 9.17) is 16.3 Å². The van der Waals surface area contributed by atoms with Crippen molar-refractivity contribution in [2.24, 2.45) is 0 Å². The first kappa shape index (κ1) is 22.7. The summed E-state index contributed by atoms with van der Waals surface area (Å²) < 4.78 is 30.8. The highest BCUT2D eigenvalue weighted by atomic mass is 35.5. The van der Waals surface area contributed by atoms with Gasteiger partial charge in [0, 0.05) is 39.0 Å². The number of benzene rings is 1. The molecule has 1 saturated heterocycles. The van der Waals surface area contributed by atoms with E-state index in [2.05, 4.69) is 4.98 Å². The van der Waals surface area contributed by atoms with Crippen molar-refractivity contribution in [1.82, 2.24) is 9.55 Å². The minimum Gasteiger partial charge on any atom is -0.453 e. The van der Waals surface area contributed by atoms with Crippen LogP contribution in [-0.2, 0) is 14.6 Å². The normalized spacial score (nSPS) is 17.4. The van der Waals surface area contributed by atoms with Gasteiger partial charge in [-0.2, -0.15) is 0 Å². The maximum atomic E-state index is 12.7. The first-order valence-corrected chi connectivity index (χ1v) is 13.0. The van der Waals surface area contributed by atoms with Crippen LogP contribution in [-0.4, -0.2) is 47.8 Å². The van der Waals surface area contributed by atoms with Gasteiger partial charge in [0.2, 0.25) is 5.78 Å². The number of ether oxygens (including phenoxy) is 1. The molecule has 7 nitrogen and oxygen atoms in total. The first-order valence-electron chi connectivity index (χ1n) is 9.95. The van der Waals surface area contributed by atoms with E-state index < -0.39 is 22.4 Å². The summed E-state index contributed by atoms with van der Waals surface area (Å²) in [4.78, 5) is 29.4.